The van der Waals surface area contributed by atoms with Crippen molar-refractivity contribution in [2.75, 3.05) is 0 Å². The smallest absolute Gasteiger partial charge is 0.358 e. The van der Waals surface area contributed by atoms with Gasteiger partial charge in [-0.2, -0.15) is 0 Å². The number of carbonyl (C=O) groups excluding carboxylic acids is 1. The third-order valence-electron chi connectivity index (χ3n) is 2.87. The van der Waals surface area contributed by atoms with Crippen molar-refractivity contribution in [2.45, 2.75) is 6.61 Å². The molecule has 0 amide bonds. The molecule has 1 heterocycles. The topological polar surface area (TPSA) is 52.1 Å². The molecule has 0 saturated heterocycles. The van der Waals surface area contributed by atoms with Crippen LogP contribution in [0.1, 0.15) is 16.1 Å². The lowest BCUT2D eigenvalue weighted by Crippen LogP contribution is -2.08. The van der Waals surface area contributed by atoms with Gasteiger partial charge in [0.1, 0.15) is 6.61 Å². The molecule has 0 aliphatic rings. The number of esters is 1. The van der Waals surface area contributed by atoms with E-state index in [1.54, 1.807) is 0 Å². The van der Waals surface area contributed by atoms with Crippen molar-refractivity contribution >= 4 is 17.0 Å². The molecule has 3 aromatic rings. The van der Waals surface area contributed by atoms with Gasteiger partial charge in [-0.25, -0.2) is 9.78 Å². The molecule has 4 heteroatoms. The molecule has 0 aliphatic heterocycles. The largest absolute Gasteiger partial charge is 0.456 e. The van der Waals surface area contributed by atoms with Gasteiger partial charge in [0, 0.05) is 0 Å². The molecule has 2 aromatic carbocycles. The van der Waals surface area contributed by atoms with E-state index in [-0.39, 0.29) is 12.3 Å². The average molecular weight is 264 g/mol. The quantitative estimate of drug-likeness (QED) is 0.682. The number of para-hydroxylation sites is 2. The zero-order valence-corrected chi connectivity index (χ0v) is 10.7. The third kappa shape index (κ3) is 2.64. The summed E-state index contributed by atoms with van der Waals surface area (Å²) in [4.78, 5) is 20.4. The first-order valence-corrected chi connectivity index (χ1v) is 6.26. The number of fused-ring (bicyclic) bond motifs is 1. The van der Waals surface area contributed by atoms with Gasteiger partial charge in [-0.1, -0.05) is 42.5 Å². The highest BCUT2D eigenvalue weighted by molar-refractivity contribution is 5.89. The lowest BCUT2D eigenvalue weighted by Gasteiger charge is -2.04. The van der Waals surface area contributed by atoms with Gasteiger partial charge in [-0.05, 0) is 17.7 Å². The van der Waals surface area contributed by atoms with Gasteiger partial charge in [-0.3, -0.25) is 4.98 Å². The van der Waals surface area contributed by atoms with Crippen molar-refractivity contribution in [3.63, 3.8) is 0 Å². The van der Waals surface area contributed by atoms with Crippen molar-refractivity contribution in [1.82, 2.24) is 9.97 Å². The van der Waals surface area contributed by atoms with Crippen LogP contribution in [0, 0.1) is 0 Å². The van der Waals surface area contributed by atoms with Gasteiger partial charge in [-0.15, -0.1) is 0 Å². The maximum absolute atomic E-state index is 11.9. The van der Waals surface area contributed by atoms with Crippen LogP contribution in [-0.4, -0.2) is 15.9 Å². The first-order valence-electron chi connectivity index (χ1n) is 6.26. The molecule has 4 nitrogen and oxygen atoms in total. The summed E-state index contributed by atoms with van der Waals surface area (Å²) < 4.78 is 5.22. The molecule has 0 saturated carbocycles. The summed E-state index contributed by atoms with van der Waals surface area (Å²) in [5.41, 5.74) is 2.60. The van der Waals surface area contributed by atoms with Crippen LogP contribution in [0.3, 0.4) is 0 Å². The van der Waals surface area contributed by atoms with Crippen molar-refractivity contribution < 1.29 is 9.53 Å². The molecule has 0 atom stereocenters. The Morgan fingerprint density at radius 1 is 0.950 bits per heavy atom. The fraction of sp³-hybridized carbons (Fsp3) is 0.0625. The molecule has 0 fully saturated rings. The van der Waals surface area contributed by atoms with E-state index in [0.717, 1.165) is 11.1 Å². The molecule has 0 bridgehead atoms. The molecule has 0 radical (unpaired) electrons. The highest BCUT2D eigenvalue weighted by atomic mass is 16.5. The lowest BCUT2D eigenvalue weighted by molar-refractivity contribution is 0.0465. The number of benzene rings is 2. The number of rotatable bonds is 3. The molecule has 0 N–H and O–H groups in total. The van der Waals surface area contributed by atoms with E-state index in [0.29, 0.717) is 5.52 Å². The van der Waals surface area contributed by atoms with Gasteiger partial charge >= 0.3 is 5.97 Å². The Labute approximate surface area is 116 Å². The predicted molar refractivity (Wildman–Crippen MR) is 75.1 cm³/mol. The summed E-state index contributed by atoms with van der Waals surface area (Å²) in [7, 11) is 0. The molecule has 20 heavy (non-hydrogen) atoms. The number of hydrogen-bond donors (Lipinski definition) is 0. The monoisotopic (exact) mass is 264 g/mol. The van der Waals surface area contributed by atoms with E-state index in [1.165, 1.54) is 6.20 Å². The van der Waals surface area contributed by atoms with E-state index >= 15 is 0 Å². The molecule has 1 aromatic heterocycles. The summed E-state index contributed by atoms with van der Waals surface area (Å²) in [6.07, 6.45) is 1.44. The normalized spacial score (nSPS) is 10.4. The van der Waals surface area contributed by atoms with Crippen LogP contribution < -0.4 is 0 Å². The predicted octanol–water partition coefficient (Wildman–Crippen LogP) is 2.99. The van der Waals surface area contributed by atoms with E-state index in [4.69, 9.17) is 4.74 Å². The SMILES string of the molecule is O=C(OCc1ccccc1)c1cnc2ccccc2n1. The Balaban J connectivity index is 1.75. The minimum Gasteiger partial charge on any atom is -0.456 e. The highest BCUT2D eigenvalue weighted by Gasteiger charge is 2.10. The molecular weight excluding hydrogens is 252 g/mol. The summed E-state index contributed by atoms with van der Waals surface area (Å²) in [5.74, 6) is -0.466. The van der Waals surface area contributed by atoms with E-state index in [2.05, 4.69) is 9.97 Å². The highest BCUT2D eigenvalue weighted by Crippen LogP contribution is 2.10. The average Bonchev–Trinajstić information content (AvgIpc) is 2.53. The van der Waals surface area contributed by atoms with Crippen LogP contribution >= 0.6 is 0 Å². The van der Waals surface area contributed by atoms with Crippen LogP contribution in [-0.2, 0) is 11.3 Å². The van der Waals surface area contributed by atoms with Crippen LogP contribution in [0.4, 0.5) is 0 Å². The van der Waals surface area contributed by atoms with Crippen molar-refractivity contribution in [2.24, 2.45) is 0 Å². The summed E-state index contributed by atoms with van der Waals surface area (Å²) in [6.45, 7) is 0.230. The molecule has 0 spiro atoms. The molecule has 98 valence electrons. The van der Waals surface area contributed by atoms with Crippen LogP contribution in [0.25, 0.3) is 11.0 Å². The van der Waals surface area contributed by atoms with Gasteiger partial charge in [0.05, 0.1) is 17.2 Å². The summed E-state index contributed by atoms with van der Waals surface area (Å²) in [5, 5.41) is 0. The summed E-state index contributed by atoms with van der Waals surface area (Å²) in [6, 6.07) is 16.9. The Kier molecular flexibility index (Phi) is 3.37. The van der Waals surface area contributed by atoms with Crippen LogP contribution in [0.5, 0.6) is 0 Å². The Bertz CT molecular complexity index is 742. The first-order chi connectivity index (χ1) is 9.83. The zero-order valence-electron chi connectivity index (χ0n) is 10.7. The van der Waals surface area contributed by atoms with Gasteiger partial charge in [0.25, 0.3) is 0 Å². The number of ether oxygens (including phenoxy) is 1. The Morgan fingerprint density at radius 2 is 1.65 bits per heavy atom. The number of nitrogens with zero attached hydrogens (tertiary/aromatic N) is 2. The molecular formula is C16H12N2O2. The summed E-state index contributed by atoms with van der Waals surface area (Å²) >= 11 is 0. The number of hydrogen-bond acceptors (Lipinski definition) is 4. The number of carbonyl (C=O) groups is 1. The van der Waals surface area contributed by atoms with E-state index in [1.807, 2.05) is 54.6 Å². The zero-order chi connectivity index (χ0) is 13.8. The van der Waals surface area contributed by atoms with Gasteiger partial charge in [0.2, 0.25) is 0 Å². The van der Waals surface area contributed by atoms with Gasteiger partial charge < -0.3 is 4.74 Å². The standard InChI is InChI=1S/C16H12N2O2/c19-16(20-11-12-6-2-1-3-7-12)15-10-17-13-8-4-5-9-14(13)18-15/h1-10H,11H2. The maximum atomic E-state index is 11.9. The molecule has 0 unspecified atom stereocenters. The third-order valence-corrected chi connectivity index (χ3v) is 2.87. The van der Waals surface area contributed by atoms with Gasteiger partial charge in [0.15, 0.2) is 5.69 Å². The first kappa shape index (κ1) is 12.3. The van der Waals surface area contributed by atoms with E-state index in [9.17, 15) is 4.79 Å². The van der Waals surface area contributed by atoms with Crippen molar-refractivity contribution in [1.29, 1.82) is 0 Å². The molecule has 0 aliphatic carbocycles. The van der Waals surface area contributed by atoms with E-state index < -0.39 is 5.97 Å². The minimum atomic E-state index is -0.466. The lowest BCUT2D eigenvalue weighted by atomic mass is 10.2. The second-order valence-corrected chi connectivity index (χ2v) is 4.31. The Hall–Kier alpha value is -2.75. The minimum absolute atomic E-state index is 0.222. The van der Waals surface area contributed by atoms with Crippen LogP contribution in [0.2, 0.25) is 0 Å². The molecule has 3 rings (SSSR count). The Morgan fingerprint density at radius 3 is 2.45 bits per heavy atom. The second-order valence-electron chi connectivity index (χ2n) is 4.31. The van der Waals surface area contributed by atoms with Crippen molar-refractivity contribution in [3.8, 4) is 0 Å². The fourth-order valence-corrected chi connectivity index (χ4v) is 1.85. The second kappa shape index (κ2) is 5.48. The van der Waals surface area contributed by atoms with Crippen LogP contribution in [0.15, 0.2) is 60.8 Å². The van der Waals surface area contributed by atoms with Crippen molar-refractivity contribution in [3.05, 3.63) is 72.1 Å². The number of aromatic nitrogens is 2. The fourth-order valence-electron chi connectivity index (χ4n) is 1.85. The maximum Gasteiger partial charge on any atom is 0.358 e.